The summed E-state index contributed by atoms with van der Waals surface area (Å²) in [4.78, 5) is 0. The van der Waals surface area contributed by atoms with E-state index in [1.165, 1.54) is 6.07 Å². The Morgan fingerprint density at radius 2 is 2.00 bits per heavy atom. The SMILES string of the molecule is NNC(Cc1ccc(F)c(F)c1)CC1CCOCC1. The molecule has 5 heteroatoms. The fourth-order valence-electron chi connectivity index (χ4n) is 2.55. The van der Waals surface area contributed by atoms with Crippen molar-refractivity contribution in [2.75, 3.05) is 13.2 Å². The van der Waals surface area contributed by atoms with Crippen LogP contribution in [0, 0.1) is 17.6 Å². The van der Waals surface area contributed by atoms with Gasteiger partial charge in [-0.1, -0.05) is 6.07 Å². The molecule has 2 rings (SSSR count). The zero-order valence-electron chi connectivity index (χ0n) is 10.9. The van der Waals surface area contributed by atoms with Crippen molar-refractivity contribution in [1.82, 2.24) is 5.43 Å². The molecule has 1 aliphatic rings. The van der Waals surface area contributed by atoms with Gasteiger partial charge in [0.05, 0.1) is 0 Å². The van der Waals surface area contributed by atoms with Gasteiger partial charge >= 0.3 is 0 Å². The molecular formula is C14H20F2N2O. The van der Waals surface area contributed by atoms with E-state index in [9.17, 15) is 8.78 Å². The monoisotopic (exact) mass is 270 g/mol. The van der Waals surface area contributed by atoms with Crippen molar-refractivity contribution in [3.63, 3.8) is 0 Å². The maximum atomic E-state index is 13.1. The van der Waals surface area contributed by atoms with Crippen LogP contribution in [0.1, 0.15) is 24.8 Å². The van der Waals surface area contributed by atoms with Crippen LogP contribution in [-0.2, 0) is 11.2 Å². The third-order valence-electron chi connectivity index (χ3n) is 3.66. The van der Waals surface area contributed by atoms with Crippen molar-refractivity contribution in [2.45, 2.75) is 31.7 Å². The van der Waals surface area contributed by atoms with Crippen LogP contribution in [0.15, 0.2) is 18.2 Å². The van der Waals surface area contributed by atoms with Crippen LogP contribution >= 0.6 is 0 Å². The highest BCUT2D eigenvalue weighted by Gasteiger charge is 2.19. The number of hydrazine groups is 1. The molecule has 0 amide bonds. The zero-order valence-corrected chi connectivity index (χ0v) is 10.9. The van der Waals surface area contributed by atoms with Gasteiger partial charge in [0.25, 0.3) is 0 Å². The van der Waals surface area contributed by atoms with Gasteiger partial charge in [0, 0.05) is 19.3 Å². The highest BCUT2D eigenvalue weighted by molar-refractivity contribution is 5.18. The first-order valence-electron chi connectivity index (χ1n) is 6.67. The molecule has 0 saturated carbocycles. The molecule has 0 spiro atoms. The molecule has 1 unspecified atom stereocenters. The number of ether oxygens (including phenoxy) is 1. The van der Waals surface area contributed by atoms with E-state index in [1.54, 1.807) is 6.07 Å². The highest BCUT2D eigenvalue weighted by Crippen LogP contribution is 2.21. The van der Waals surface area contributed by atoms with Crippen molar-refractivity contribution >= 4 is 0 Å². The van der Waals surface area contributed by atoms with Crippen LogP contribution in [-0.4, -0.2) is 19.3 Å². The summed E-state index contributed by atoms with van der Waals surface area (Å²) in [6.07, 6.45) is 3.61. The quantitative estimate of drug-likeness (QED) is 0.636. The lowest BCUT2D eigenvalue weighted by atomic mass is 9.90. The first kappa shape index (κ1) is 14.4. The van der Waals surface area contributed by atoms with E-state index in [0.29, 0.717) is 12.3 Å². The number of benzene rings is 1. The van der Waals surface area contributed by atoms with Crippen LogP contribution in [0.25, 0.3) is 0 Å². The van der Waals surface area contributed by atoms with Gasteiger partial charge in [-0.05, 0) is 49.3 Å². The molecule has 106 valence electrons. The van der Waals surface area contributed by atoms with Gasteiger partial charge < -0.3 is 4.74 Å². The van der Waals surface area contributed by atoms with Gasteiger partial charge in [-0.25, -0.2) is 8.78 Å². The molecule has 1 saturated heterocycles. The average molecular weight is 270 g/mol. The molecule has 0 aliphatic carbocycles. The maximum absolute atomic E-state index is 13.1. The Hall–Kier alpha value is -1.04. The molecule has 0 aromatic heterocycles. The van der Waals surface area contributed by atoms with Gasteiger partial charge in [-0.3, -0.25) is 11.3 Å². The van der Waals surface area contributed by atoms with Crippen LogP contribution in [0.2, 0.25) is 0 Å². The minimum absolute atomic E-state index is 0.0768. The predicted molar refractivity (Wildman–Crippen MR) is 69.3 cm³/mol. The molecule has 19 heavy (non-hydrogen) atoms. The topological polar surface area (TPSA) is 47.3 Å². The maximum Gasteiger partial charge on any atom is 0.159 e. The summed E-state index contributed by atoms with van der Waals surface area (Å²) in [5.74, 6) is 4.52. The number of halogens is 2. The molecular weight excluding hydrogens is 250 g/mol. The van der Waals surface area contributed by atoms with E-state index >= 15 is 0 Å². The van der Waals surface area contributed by atoms with Crippen LogP contribution in [0.3, 0.4) is 0 Å². The van der Waals surface area contributed by atoms with E-state index in [1.807, 2.05) is 0 Å². The van der Waals surface area contributed by atoms with E-state index < -0.39 is 11.6 Å². The molecule has 0 bridgehead atoms. The lowest BCUT2D eigenvalue weighted by molar-refractivity contribution is 0.0605. The number of nitrogens with two attached hydrogens (primary N) is 1. The Kier molecular flexibility index (Phi) is 5.24. The minimum Gasteiger partial charge on any atom is -0.381 e. The summed E-state index contributed by atoms with van der Waals surface area (Å²) in [6.45, 7) is 1.60. The number of hydrogen-bond donors (Lipinski definition) is 2. The molecule has 1 heterocycles. The van der Waals surface area contributed by atoms with E-state index in [4.69, 9.17) is 10.6 Å². The first-order chi connectivity index (χ1) is 9.19. The van der Waals surface area contributed by atoms with E-state index in [0.717, 1.165) is 44.1 Å². The lowest BCUT2D eigenvalue weighted by Crippen LogP contribution is -2.39. The third kappa shape index (κ3) is 4.23. The summed E-state index contributed by atoms with van der Waals surface area (Å²) < 4.78 is 31.3. The Labute approximate surface area is 112 Å². The Bertz CT molecular complexity index is 408. The fraction of sp³-hybridized carbons (Fsp3) is 0.571. The molecule has 1 aromatic carbocycles. The van der Waals surface area contributed by atoms with Crippen molar-refractivity contribution in [3.05, 3.63) is 35.4 Å². The summed E-state index contributed by atoms with van der Waals surface area (Å²) in [6, 6.07) is 4.08. The van der Waals surface area contributed by atoms with Gasteiger partial charge in [0.1, 0.15) is 0 Å². The molecule has 3 N–H and O–H groups in total. The minimum atomic E-state index is -0.814. The van der Waals surface area contributed by atoms with Gasteiger partial charge in [0.2, 0.25) is 0 Å². The molecule has 1 fully saturated rings. The summed E-state index contributed by atoms with van der Waals surface area (Å²) in [7, 11) is 0. The molecule has 1 aliphatic heterocycles. The average Bonchev–Trinajstić information content (AvgIpc) is 2.43. The molecule has 3 nitrogen and oxygen atoms in total. The lowest BCUT2D eigenvalue weighted by Gasteiger charge is -2.26. The van der Waals surface area contributed by atoms with Gasteiger partial charge in [0.15, 0.2) is 11.6 Å². The second-order valence-electron chi connectivity index (χ2n) is 5.11. The van der Waals surface area contributed by atoms with Crippen molar-refractivity contribution in [3.8, 4) is 0 Å². The number of nitrogens with one attached hydrogen (secondary N) is 1. The second kappa shape index (κ2) is 6.93. The number of hydrogen-bond acceptors (Lipinski definition) is 3. The van der Waals surface area contributed by atoms with E-state index in [-0.39, 0.29) is 6.04 Å². The first-order valence-corrected chi connectivity index (χ1v) is 6.67. The summed E-state index contributed by atoms with van der Waals surface area (Å²) >= 11 is 0. The fourth-order valence-corrected chi connectivity index (χ4v) is 2.55. The Morgan fingerprint density at radius 1 is 1.26 bits per heavy atom. The van der Waals surface area contributed by atoms with Gasteiger partial charge in [-0.15, -0.1) is 0 Å². The smallest absolute Gasteiger partial charge is 0.159 e. The predicted octanol–water partition coefficient (Wildman–Crippen LogP) is 2.16. The summed E-state index contributed by atoms with van der Waals surface area (Å²) in [5, 5.41) is 0. The largest absolute Gasteiger partial charge is 0.381 e. The normalized spacial score (nSPS) is 18.5. The van der Waals surface area contributed by atoms with Crippen molar-refractivity contribution < 1.29 is 13.5 Å². The van der Waals surface area contributed by atoms with E-state index in [2.05, 4.69) is 5.43 Å². The number of rotatable bonds is 5. The molecule has 0 radical (unpaired) electrons. The van der Waals surface area contributed by atoms with Crippen molar-refractivity contribution in [2.24, 2.45) is 11.8 Å². The molecule has 1 atom stereocenters. The third-order valence-corrected chi connectivity index (χ3v) is 3.66. The Balaban J connectivity index is 1.92. The van der Waals surface area contributed by atoms with Crippen LogP contribution in [0.4, 0.5) is 8.78 Å². The highest BCUT2D eigenvalue weighted by atomic mass is 19.2. The molecule has 1 aromatic rings. The standard InChI is InChI=1S/C14H20F2N2O/c15-13-2-1-11(9-14(13)16)8-12(18-17)7-10-3-5-19-6-4-10/h1-2,9-10,12,18H,3-8,17H2. The van der Waals surface area contributed by atoms with Crippen LogP contribution in [0.5, 0.6) is 0 Å². The zero-order chi connectivity index (χ0) is 13.7. The Morgan fingerprint density at radius 3 is 2.63 bits per heavy atom. The van der Waals surface area contributed by atoms with Gasteiger partial charge in [-0.2, -0.15) is 0 Å². The van der Waals surface area contributed by atoms with Crippen LogP contribution < -0.4 is 11.3 Å². The second-order valence-corrected chi connectivity index (χ2v) is 5.11. The van der Waals surface area contributed by atoms with Crippen molar-refractivity contribution in [1.29, 1.82) is 0 Å². The summed E-state index contributed by atoms with van der Waals surface area (Å²) in [5.41, 5.74) is 3.53.